The third-order valence-corrected chi connectivity index (χ3v) is 2.64. The van der Waals surface area contributed by atoms with E-state index in [1.807, 2.05) is 0 Å². The Hall–Kier alpha value is -1.30. The molecule has 0 unspecified atom stereocenters. The zero-order valence-corrected chi connectivity index (χ0v) is 10.5. The zero-order valence-electron chi connectivity index (χ0n) is 10.5. The Kier molecular flexibility index (Phi) is 3.98. The van der Waals surface area contributed by atoms with Gasteiger partial charge in [0.15, 0.2) is 0 Å². The molecular formula is C11H20N2O4. The summed E-state index contributed by atoms with van der Waals surface area (Å²) in [6, 6.07) is -0.159. The first kappa shape index (κ1) is 13.8. The molecule has 17 heavy (non-hydrogen) atoms. The number of rotatable bonds is 4. The van der Waals surface area contributed by atoms with E-state index in [9.17, 15) is 14.7 Å². The first-order valence-electron chi connectivity index (χ1n) is 5.63. The topological polar surface area (TPSA) is 81.1 Å². The van der Waals surface area contributed by atoms with Crippen LogP contribution < -0.4 is 0 Å². The molecule has 0 bridgehead atoms. The van der Waals surface area contributed by atoms with Crippen LogP contribution in [-0.4, -0.2) is 64.3 Å². The van der Waals surface area contributed by atoms with Crippen molar-refractivity contribution in [1.29, 1.82) is 0 Å². The number of carboxylic acids is 1. The third kappa shape index (κ3) is 4.22. The Morgan fingerprint density at radius 1 is 1.41 bits per heavy atom. The number of aliphatic carboxylic acids is 1. The fourth-order valence-electron chi connectivity index (χ4n) is 1.99. The number of hydrogen-bond acceptors (Lipinski definition) is 3. The summed E-state index contributed by atoms with van der Waals surface area (Å²) in [5, 5.41) is 18.2. The molecule has 1 rings (SSSR count). The highest BCUT2D eigenvalue weighted by atomic mass is 16.4. The fraction of sp³-hybridized carbons (Fsp3) is 0.818. The Labute approximate surface area is 101 Å². The number of hydrogen-bond donors (Lipinski definition) is 2. The molecule has 1 aliphatic heterocycles. The normalized spacial score (nSPS) is 16.6. The van der Waals surface area contributed by atoms with Crippen LogP contribution in [0.4, 0.5) is 4.79 Å². The van der Waals surface area contributed by atoms with Gasteiger partial charge in [0.05, 0.1) is 18.6 Å². The number of nitrogens with zero attached hydrogens (tertiary/aromatic N) is 2. The summed E-state index contributed by atoms with van der Waals surface area (Å²) in [5.74, 6) is -0.765. The molecule has 0 aromatic rings. The Balaban J connectivity index is 2.34. The van der Waals surface area contributed by atoms with Crippen molar-refractivity contribution in [2.45, 2.75) is 25.9 Å². The number of carboxylic acid groups (broad SMARTS) is 1. The van der Waals surface area contributed by atoms with Crippen LogP contribution in [0.1, 0.15) is 20.3 Å². The molecule has 6 heteroatoms. The Morgan fingerprint density at radius 2 is 1.94 bits per heavy atom. The van der Waals surface area contributed by atoms with Crippen molar-refractivity contribution in [3.05, 3.63) is 0 Å². The minimum Gasteiger partial charge on any atom is -0.481 e. The predicted molar refractivity (Wildman–Crippen MR) is 61.6 cm³/mol. The summed E-state index contributed by atoms with van der Waals surface area (Å²) < 4.78 is 0. The quantitative estimate of drug-likeness (QED) is 0.741. The zero-order chi connectivity index (χ0) is 13.2. The maximum absolute atomic E-state index is 11.8. The van der Waals surface area contributed by atoms with Gasteiger partial charge in [-0.2, -0.15) is 0 Å². The van der Waals surface area contributed by atoms with Crippen molar-refractivity contribution < 1.29 is 19.8 Å². The molecule has 1 aliphatic rings. The standard InChI is InChI=1S/C11H20N2O4/c1-11(2,17)7-12(3)10(16)13-5-8(6-13)4-9(14)15/h8,17H,4-7H2,1-3H3,(H,14,15). The summed E-state index contributed by atoms with van der Waals surface area (Å²) in [7, 11) is 1.63. The molecule has 0 aromatic heterocycles. The molecule has 2 amide bonds. The molecule has 1 saturated heterocycles. The van der Waals surface area contributed by atoms with Crippen molar-refractivity contribution >= 4 is 12.0 Å². The summed E-state index contributed by atoms with van der Waals surface area (Å²) in [5.41, 5.74) is -0.921. The number of carbonyl (C=O) groups is 2. The molecule has 0 atom stereocenters. The predicted octanol–water partition coefficient (Wildman–Crippen LogP) is 0.216. The van der Waals surface area contributed by atoms with Gasteiger partial charge in [0.2, 0.25) is 0 Å². The Morgan fingerprint density at radius 3 is 2.35 bits per heavy atom. The van der Waals surface area contributed by atoms with Crippen molar-refractivity contribution in [1.82, 2.24) is 9.80 Å². The summed E-state index contributed by atoms with van der Waals surface area (Å²) in [6.07, 6.45) is 0.110. The summed E-state index contributed by atoms with van der Waals surface area (Å²) in [6.45, 7) is 4.51. The minimum absolute atomic E-state index is 0.0620. The van der Waals surface area contributed by atoms with E-state index in [-0.39, 0.29) is 24.9 Å². The lowest BCUT2D eigenvalue weighted by molar-refractivity contribution is -0.139. The van der Waals surface area contributed by atoms with Gasteiger partial charge in [-0.1, -0.05) is 0 Å². The van der Waals surface area contributed by atoms with E-state index in [2.05, 4.69) is 0 Å². The SMILES string of the molecule is CN(CC(C)(C)O)C(=O)N1CC(CC(=O)O)C1. The molecule has 0 spiro atoms. The largest absolute Gasteiger partial charge is 0.481 e. The van der Waals surface area contributed by atoms with Crippen LogP contribution in [0, 0.1) is 5.92 Å². The minimum atomic E-state index is -0.921. The molecule has 6 nitrogen and oxygen atoms in total. The maximum Gasteiger partial charge on any atom is 0.319 e. The second kappa shape index (κ2) is 4.91. The molecule has 1 heterocycles. The van der Waals surface area contributed by atoms with Gasteiger partial charge in [-0.15, -0.1) is 0 Å². The van der Waals surface area contributed by atoms with Crippen LogP contribution in [0.2, 0.25) is 0 Å². The first-order chi connectivity index (χ1) is 7.69. The van der Waals surface area contributed by atoms with Crippen LogP contribution in [0.25, 0.3) is 0 Å². The molecule has 98 valence electrons. The van der Waals surface area contributed by atoms with Crippen LogP contribution >= 0.6 is 0 Å². The van der Waals surface area contributed by atoms with Gasteiger partial charge in [-0.25, -0.2) is 4.79 Å². The van der Waals surface area contributed by atoms with E-state index in [1.54, 1.807) is 25.8 Å². The van der Waals surface area contributed by atoms with Crippen LogP contribution in [0.5, 0.6) is 0 Å². The van der Waals surface area contributed by atoms with E-state index < -0.39 is 11.6 Å². The van der Waals surface area contributed by atoms with Gasteiger partial charge in [0.1, 0.15) is 0 Å². The number of aliphatic hydroxyl groups is 1. The summed E-state index contributed by atoms with van der Waals surface area (Å²) in [4.78, 5) is 25.3. The molecule has 0 saturated carbocycles. The average Bonchev–Trinajstić information content (AvgIpc) is 2.06. The highest BCUT2D eigenvalue weighted by Crippen LogP contribution is 2.20. The molecule has 1 fully saturated rings. The molecule has 2 N–H and O–H groups in total. The number of urea groups is 1. The number of likely N-dealkylation sites (N-methyl/N-ethyl adjacent to an activating group) is 1. The lowest BCUT2D eigenvalue weighted by atomic mass is 9.97. The van der Waals surface area contributed by atoms with Gasteiger partial charge >= 0.3 is 12.0 Å². The lowest BCUT2D eigenvalue weighted by Crippen LogP contribution is -2.56. The average molecular weight is 244 g/mol. The van der Waals surface area contributed by atoms with Crippen molar-refractivity contribution in [2.24, 2.45) is 5.92 Å². The lowest BCUT2D eigenvalue weighted by Gasteiger charge is -2.41. The molecular weight excluding hydrogens is 224 g/mol. The highest BCUT2D eigenvalue weighted by molar-refractivity contribution is 5.75. The molecule has 0 radical (unpaired) electrons. The van der Waals surface area contributed by atoms with Crippen LogP contribution in [0.15, 0.2) is 0 Å². The Bertz CT molecular complexity index is 305. The van der Waals surface area contributed by atoms with Gasteiger partial charge in [0, 0.05) is 26.1 Å². The van der Waals surface area contributed by atoms with E-state index in [1.165, 1.54) is 4.90 Å². The second-order valence-corrected chi connectivity index (χ2v) is 5.32. The van der Waals surface area contributed by atoms with Gasteiger partial charge in [0.25, 0.3) is 0 Å². The smallest absolute Gasteiger partial charge is 0.319 e. The van der Waals surface area contributed by atoms with Gasteiger partial charge < -0.3 is 20.0 Å². The third-order valence-electron chi connectivity index (χ3n) is 2.64. The fourth-order valence-corrected chi connectivity index (χ4v) is 1.99. The second-order valence-electron chi connectivity index (χ2n) is 5.32. The van der Waals surface area contributed by atoms with Crippen molar-refractivity contribution in [3.63, 3.8) is 0 Å². The van der Waals surface area contributed by atoms with E-state index >= 15 is 0 Å². The summed E-state index contributed by atoms with van der Waals surface area (Å²) >= 11 is 0. The van der Waals surface area contributed by atoms with Crippen molar-refractivity contribution in [3.8, 4) is 0 Å². The van der Waals surface area contributed by atoms with E-state index in [0.29, 0.717) is 13.1 Å². The van der Waals surface area contributed by atoms with Gasteiger partial charge in [-0.3, -0.25) is 4.79 Å². The highest BCUT2D eigenvalue weighted by Gasteiger charge is 2.34. The number of carbonyl (C=O) groups excluding carboxylic acids is 1. The monoisotopic (exact) mass is 244 g/mol. The van der Waals surface area contributed by atoms with E-state index in [0.717, 1.165) is 0 Å². The van der Waals surface area contributed by atoms with E-state index in [4.69, 9.17) is 5.11 Å². The molecule has 0 aromatic carbocycles. The van der Waals surface area contributed by atoms with Crippen LogP contribution in [0.3, 0.4) is 0 Å². The number of likely N-dealkylation sites (tertiary alicyclic amines) is 1. The first-order valence-corrected chi connectivity index (χ1v) is 5.63. The van der Waals surface area contributed by atoms with Crippen LogP contribution in [-0.2, 0) is 4.79 Å². The molecule has 0 aliphatic carbocycles. The maximum atomic E-state index is 11.8. The number of amides is 2. The van der Waals surface area contributed by atoms with Crippen molar-refractivity contribution in [2.75, 3.05) is 26.7 Å². The van der Waals surface area contributed by atoms with Gasteiger partial charge in [-0.05, 0) is 13.8 Å².